The molecule has 4 rings (SSSR count). The van der Waals surface area contributed by atoms with Crippen LogP contribution in [0.5, 0.6) is 5.75 Å². The van der Waals surface area contributed by atoms with Crippen LogP contribution in [0, 0.1) is 15.4 Å². The van der Waals surface area contributed by atoms with E-state index in [-0.39, 0.29) is 38.3 Å². The van der Waals surface area contributed by atoms with Gasteiger partial charge in [-0.15, -0.1) is 0 Å². The number of aromatic hydroxyl groups is 1. The molecule has 0 aromatic heterocycles. The van der Waals surface area contributed by atoms with Crippen molar-refractivity contribution in [2.45, 2.75) is 24.5 Å². The van der Waals surface area contributed by atoms with Gasteiger partial charge in [0.25, 0.3) is 5.91 Å². The topological polar surface area (TPSA) is 262 Å². The molecule has 10 N–H and O–H groups in total. The summed E-state index contributed by atoms with van der Waals surface area (Å²) in [4.78, 5) is 40.1. The third-order valence-corrected chi connectivity index (χ3v) is 8.58. The molecule has 3 aliphatic rings. The maximum atomic E-state index is 13.5. The highest BCUT2D eigenvalue weighted by Crippen LogP contribution is 2.53. The Bertz CT molecular complexity index is 1450. The van der Waals surface area contributed by atoms with Gasteiger partial charge in [0.1, 0.15) is 22.8 Å². The van der Waals surface area contributed by atoms with E-state index >= 15 is 0 Å². The van der Waals surface area contributed by atoms with Gasteiger partial charge >= 0.3 is 10.4 Å². The smallest absolute Gasteiger partial charge is 0.394 e. The number of halogens is 2. The minimum absolute atomic E-state index is 0.0183. The molecule has 1 amide bonds. The number of fused-ring (bicyclic) bond motifs is 3. The summed E-state index contributed by atoms with van der Waals surface area (Å²) in [6, 6.07) is -1.05. The zero-order valence-corrected chi connectivity index (χ0v) is 23.4. The number of amides is 1. The molecule has 0 bridgehead atoms. The molecule has 14 nitrogen and oxygen atoms in total. The number of ketones is 2. The number of benzene rings is 1. The number of phenols is 1. The zero-order valence-electron chi connectivity index (χ0n) is 19.6. The lowest BCUT2D eigenvalue weighted by molar-refractivity contribution is -0.148. The fourth-order valence-corrected chi connectivity index (χ4v) is 6.11. The van der Waals surface area contributed by atoms with Gasteiger partial charge in [-0.25, -0.2) is 0 Å². The first-order valence-corrected chi connectivity index (χ1v) is 13.4. The van der Waals surface area contributed by atoms with E-state index in [4.69, 9.17) is 40.6 Å². The molecule has 0 saturated heterocycles. The van der Waals surface area contributed by atoms with Gasteiger partial charge in [-0.2, -0.15) is 8.42 Å². The number of carbonyl (C=O) groups is 3. The Morgan fingerprint density at radius 1 is 1.18 bits per heavy atom. The molecule has 0 radical (unpaired) electrons. The lowest BCUT2D eigenvalue weighted by Gasteiger charge is -2.50. The molecular formula is C21H23ClIN3O11S. The fourth-order valence-electron chi connectivity index (χ4n) is 5.35. The monoisotopic (exact) mass is 687 g/mol. The number of allylic oxidation sites excluding steroid dienone is 1. The summed E-state index contributed by atoms with van der Waals surface area (Å²) < 4.78 is 31.7. The van der Waals surface area contributed by atoms with E-state index in [9.17, 15) is 34.8 Å². The maximum absolute atomic E-state index is 13.5. The van der Waals surface area contributed by atoms with Crippen molar-refractivity contribution >= 4 is 67.8 Å². The first-order chi connectivity index (χ1) is 17.3. The van der Waals surface area contributed by atoms with Crippen molar-refractivity contribution in [1.29, 1.82) is 0 Å². The second-order valence-electron chi connectivity index (χ2n) is 9.15. The molecule has 0 fully saturated rings. The summed E-state index contributed by atoms with van der Waals surface area (Å²) in [5.74, 6) is -7.13. The van der Waals surface area contributed by atoms with Gasteiger partial charge in [-0.1, -0.05) is 11.6 Å². The van der Waals surface area contributed by atoms with Gasteiger partial charge in [0, 0.05) is 11.5 Å². The summed E-state index contributed by atoms with van der Waals surface area (Å²) in [7, 11) is -1.55. The normalized spacial score (nSPS) is 26.9. The molecule has 1 aromatic rings. The van der Waals surface area contributed by atoms with Crippen molar-refractivity contribution in [3.8, 4) is 5.75 Å². The highest BCUT2D eigenvalue weighted by molar-refractivity contribution is 14.1. The van der Waals surface area contributed by atoms with Crippen LogP contribution < -0.4 is 11.5 Å². The molecule has 0 saturated carbocycles. The molecule has 38 heavy (non-hydrogen) atoms. The number of nitrogens with zero attached hydrogens (tertiary/aromatic N) is 1. The fraction of sp³-hybridized carbons (Fsp3) is 0.381. The number of primary amides is 1. The minimum Gasteiger partial charge on any atom is -0.510 e. The Morgan fingerprint density at radius 3 is 2.18 bits per heavy atom. The molecule has 4 unspecified atom stereocenters. The van der Waals surface area contributed by atoms with Crippen molar-refractivity contribution in [3.63, 3.8) is 0 Å². The second-order valence-corrected chi connectivity index (χ2v) is 11.5. The standard InChI is InChI=1S/C21H21ClIN3O7.H2O4S/c1-26(2)14-7-4-5-3-6-9(16(28)12(23)11(22)13(6)24)15(27)8(5)18(30)21(7,33)19(31)10(17(14)29)20(25)32;1-5(2,3)4/h5,7,14,28-30,33H,3-4,24H2,1-2H3,(H2,25,32);(H2,1,2,3,4). The number of hydrogen-bond acceptors (Lipinski definition) is 11. The molecule has 3 aliphatic carbocycles. The highest BCUT2D eigenvalue weighted by Gasteiger charge is 2.63. The number of aliphatic hydroxyl groups excluding tert-OH is 2. The van der Waals surface area contributed by atoms with E-state index in [1.807, 2.05) is 0 Å². The van der Waals surface area contributed by atoms with E-state index < -0.39 is 74.2 Å². The summed E-state index contributed by atoms with van der Waals surface area (Å²) in [6.07, 6.45) is 0.0696. The molecule has 0 heterocycles. The molecule has 17 heteroatoms. The Morgan fingerprint density at radius 2 is 1.71 bits per heavy atom. The minimum atomic E-state index is -4.67. The number of nitrogen functional groups attached to an aromatic ring is 1. The molecule has 208 valence electrons. The third-order valence-electron chi connectivity index (χ3n) is 6.82. The molecule has 0 aliphatic heterocycles. The quantitative estimate of drug-likeness (QED) is 0.0685. The van der Waals surface area contributed by atoms with Crippen molar-refractivity contribution < 1.29 is 52.3 Å². The van der Waals surface area contributed by atoms with E-state index in [0.717, 1.165) is 0 Å². The van der Waals surface area contributed by atoms with Crippen molar-refractivity contribution in [3.05, 3.63) is 42.4 Å². The van der Waals surface area contributed by atoms with Crippen LogP contribution in [-0.2, 0) is 26.4 Å². The summed E-state index contributed by atoms with van der Waals surface area (Å²) in [5, 5.41) is 44.1. The van der Waals surface area contributed by atoms with Crippen LogP contribution in [0.2, 0.25) is 5.02 Å². The highest BCUT2D eigenvalue weighted by atomic mass is 127. The number of carbonyl (C=O) groups excluding carboxylic acids is 3. The lowest BCUT2D eigenvalue weighted by Crippen LogP contribution is -2.63. The summed E-state index contributed by atoms with van der Waals surface area (Å²) >= 11 is 7.95. The van der Waals surface area contributed by atoms with Gasteiger partial charge in [0.15, 0.2) is 11.4 Å². The van der Waals surface area contributed by atoms with Crippen LogP contribution in [0.4, 0.5) is 5.69 Å². The Labute approximate surface area is 234 Å². The Kier molecular flexibility index (Phi) is 7.85. The van der Waals surface area contributed by atoms with E-state index in [0.29, 0.717) is 5.56 Å². The van der Waals surface area contributed by atoms with Gasteiger partial charge < -0.3 is 31.9 Å². The number of likely N-dealkylation sites (N-methyl/N-ethyl adjacent to an activating group) is 1. The Balaban J connectivity index is 0.000000732. The predicted molar refractivity (Wildman–Crippen MR) is 140 cm³/mol. The average Bonchev–Trinajstić information content (AvgIpc) is 2.77. The molecule has 0 spiro atoms. The van der Waals surface area contributed by atoms with Crippen LogP contribution in [0.25, 0.3) is 0 Å². The van der Waals surface area contributed by atoms with Gasteiger partial charge in [-0.3, -0.25) is 28.4 Å². The van der Waals surface area contributed by atoms with E-state index in [2.05, 4.69) is 0 Å². The van der Waals surface area contributed by atoms with Gasteiger partial charge in [0.2, 0.25) is 5.78 Å². The number of Topliss-reactive ketones (excluding diaryl/α,β-unsaturated/α-hetero) is 2. The van der Waals surface area contributed by atoms with Crippen LogP contribution in [0.1, 0.15) is 22.3 Å². The lowest BCUT2D eigenvalue weighted by atomic mass is 9.58. The third kappa shape index (κ3) is 4.63. The van der Waals surface area contributed by atoms with Crippen LogP contribution in [0.15, 0.2) is 22.7 Å². The predicted octanol–water partition coefficient (Wildman–Crippen LogP) is 0.308. The first kappa shape index (κ1) is 30.1. The first-order valence-electron chi connectivity index (χ1n) is 10.6. The van der Waals surface area contributed by atoms with Crippen molar-refractivity contribution in [2.75, 3.05) is 19.8 Å². The van der Waals surface area contributed by atoms with Gasteiger partial charge in [-0.05, 0) is 61.0 Å². The molecular weight excluding hydrogens is 665 g/mol. The molecule has 1 aromatic carbocycles. The number of aliphatic hydroxyl groups is 3. The SMILES string of the molecule is CN(C)C1C(O)=C(C(N)=O)C(=O)C2(O)C(O)=C3C(=O)c4c(O)c(I)c(Cl)c(N)c4CC3CC12.O=S(=O)(O)O. The Hall–Kier alpha value is -2.48. The van der Waals surface area contributed by atoms with Crippen molar-refractivity contribution in [2.24, 2.45) is 17.6 Å². The number of hydrogen-bond donors (Lipinski definition) is 8. The summed E-state index contributed by atoms with van der Waals surface area (Å²) in [6.45, 7) is 0. The number of nitrogens with two attached hydrogens (primary N) is 2. The van der Waals surface area contributed by atoms with E-state index in [1.165, 1.54) is 4.90 Å². The number of rotatable bonds is 2. The summed E-state index contributed by atoms with van der Waals surface area (Å²) in [5.41, 5.74) is 7.91. The number of phenolic OH excluding ortho intramolecular Hbond substituents is 1. The van der Waals surface area contributed by atoms with Crippen LogP contribution in [-0.4, -0.2) is 86.1 Å². The largest absolute Gasteiger partial charge is 0.510 e. The van der Waals surface area contributed by atoms with Crippen LogP contribution in [0.3, 0.4) is 0 Å². The molecule has 4 atom stereocenters. The zero-order chi connectivity index (χ0) is 29.2. The average molecular weight is 688 g/mol. The van der Waals surface area contributed by atoms with Crippen LogP contribution >= 0.6 is 34.2 Å². The van der Waals surface area contributed by atoms with Crippen molar-refractivity contribution in [1.82, 2.24) is 4.90 Å². The number of anilines is 1. The second kappa shape index (κ2) is 9.92. The van der Waals surface area contributed by atoms with Gasteiger partial charge in [0.05, 0.1) is 25.9 Å². The van der Waals surface area contributed by atoms with E-state index in [1.54, 1.807) is 36.7 Å². The maximum Gasteiger partial charge on any atom is 0.394 e.